The van der Waals surface area contributed by atoms with Gasteiger partial charge < -0.3 is 9.84 Å². The number of hydrogen-bond donors (Lipinski definition) is 1. The van der Waals surface area contributed by atoms with Gasteiger partial charge in [0, 0.05) is 19.7 Å². The molecule has 2 heterocycles. The van der Waals surface area contributed by atoms with Crippen LogP contribution in [0.5, 0.6) is 0 Å². The van der Waals surface area contributed by atoms with E-state index in [1.165, 1.54) is 10.6 Å². The van der Waals surface area contributed by atoms with Crippen molar-refractivity contribution >= 4 is 10.0 Å². The van der Waals surface area contributed by atoms with E-state index in [0.29, 0.717) is 19.7 Å². The molecule has 2 aliphatic rings. The average Bonchev–Trinajstić information content (AvgIpc) is 3.05. The van der Waals surface area contributed by atoms with Crippen LogP contribution in [-0.2, 0) is 27.8 Å². The quantitative estimate of drug-likeness (QED) is 0.909. The molecule has 1 aromatic carbocycles. The zero-order valence-electron chi connectivity index (χ0n) is 11.4. The summed E-state index contributed by atoms with van der Waals surface area (Å²) in [6, 6.07) is 5.69. The van der Waals surface area contributed by atoms with Gasteiger partial charge in [-0.2, -0.15) is 4.31 Å². The largest absolute Gasteiger partial charge is 0.386 e. The highest BCUT2D eigenvalue weighted by Gasteiger charge is 2.29. The maximum absolute atomic E-state index is 11.6. The van der Waals surface area contributed by atoms with E-state index >= 15 is 0 Å². The fraction of sp³-hybridized carbons (Fsp3) is 0.571. The fourth-order valence-corrected chi connectivity index (χ4v) is 3.62. The molecule has 1 N–H and O–H groups in total. The van der Waals surface area contributed by atoms with E-state index < -0.39 is 16.1 Å². The standard InChI is InChI=1S/C14H19NO4S/c1-20(17,18)15-8-11-5-4-10(7-12(11)9-15)14(16)13-3-2-6-19-13/h4-5,7,13-14,16H,2-3,6,8-9H2,1H3. The van der Waals surface area contributed by atoms with Crippen LogP contribution in [0.1, 0.15) is 35.6 Å². The topological polar surface area (TPSA) is 66.8 Å². The molecule has 1 saturated heterocycles. The minimum Gasteiger partial charge on any atom is -0.386 e. The van der Waals surface area contributed by atoms with E-state index in [1.807, 2.05) is 18.2 Å². The van der Waals surface area contributed by atoms with E-state index in [0.717, 1.165) is 29.5 Å². The molecule has 6 heteroatoms. The maximum Gasteiger partial charge on any atom is 0.211 e. The molecule has 0 aromatic heterocycles. The molecule has 110 valence electrons. The first-order valence-corrected chi connectivity index (χ1v) is 8.66. The van der Waals surface area contributed by atoms with Crippen LogP contribution >= 0.6 is 0 Å². The summed E-state index contributed by atoms with van der Waals surface area (Å²) in [4.78, 5) is 0. The predicted molar refractivity (Wildman–Crippen MR) is 74.5 cm³/mol. The molecule has 2 atom stereocenters. The second kappa shape index (κ2) is 5.11. The third kappa shape index (κ3) is 2.61. The molecule has 0 aliphatic carbocycles. The molecule has 0 saturated carbocycles. The molecular formula is C14H19NO4S. The van der Waals surface area contributed by atoms with Crippen molar-refractivity contribution in [2.24, 2.45) is 0 Å². The summed E-state index contributed by atoms with van der Waals surface area (Å²) in [5.74, 6) is 0. The summed E-state index contributed by atoms with van der Waals surface area (Å²) in [6.07, 6.45) is 2.30. The Labute approximate surface area is 119 Å². The predicted octanol–water partition coefficient (Wildman–Crippen LogP) is 1.17. The van der Waals surface area contributed by atoms with E-state index in [2.05, 4.69) is 0 Å². The number of fused-ring (bicyclic) bond motifs is 1. The summed E-state index contributed by atoms with van der Waals surface area (Å²) >= 11 is 0. The van der Waals surface area contributed by atoms with Gasteiger partial charge >= 0.3 is 0 Å². The van der Waals surface area contributed by atoms with Crippen LogP contribution in [0.3, 0.4) is 0 Å². The number of aliphatic hydroxyl groups excluding tert-OH is 1. The van der Waals surface area contributed by atoms with Gasteiger partial charge in [-0.25, -0.2) is 8.42 Å². The van der Waals surface area contributed by atoms with Crippen molar-refractivity contribution < 1.29 is 18.3 Å². The summed E-state index contributed by atoms with van der Waals surface area (Å²) in [5, 5.41) is 10.3. The first kappa shape index (κ1) is 14.0. The third-order valence-corrected chi connectivity index (χ3v) is 5.25. The molecule has 0 bridgehead atoms. The lowest BCUT2D eigenvalue weighted by molar-refractivity contribution is -0.00261. The molecule has 0 spiro atoms. The molecule has 2 aliphatic heterocycles. The van der Waals surface area contributed by atoms with Crippen molar-refractivity contribution in [3.05, 3.63) is 34.9 Å². The van der Waals surface area contributed by atoms with Gasteiger partial charge in [0.1, 0.15) is 6.10 Å². The second-order valence-corrected chi connectivity index (χ2v) is 7.54. The number of rotatable bonds is 3. The van der Waals surface area contributed by atoms with Gasteiger partial charge in [-0.05, 0) is 29.5 Å². The van der Waals surface area contributed by atoms with Crippen molar-refractivity contribution in [2.45, 2.75) is 38.1 Å². The molecule has 3 rings (SSSR count). The van der Waals surface area contributed by atoms with E-state index in [9.17, 15) is 13.5 Å². The number of sulfonamides is 1. The van der Waals surface area contributed by atoms with Gasteiger partial charge in [-0.15, -0.1) is 0 Å². The summed E-state index contributed by atoms with van der Waals surface area (Å²) in [7, 11) is -3.17. The van der Waals surface area contributed by atoms with Crippen LogP contribution in [0.25, 0.3) is 0 Å². The minimum absolute atomic E-state index is 0.138. The highest BCUT2D eigenvalue weighted by atomic mass is 32.2. The molecule has 0 amide bonds. The SMILES string of the molecule is CS(=O)(=O)N1Cc2ccc(C(O)C3CCCO3)cc2C1. The average molecular weight is 297 g/mol. The first-order chi connectivity index (χ1) is 9.45. The van der Waals surface area contributed by atoms with Gasteiger partial charge in [-0.1, -0.05) is 18.2 Å². The Morgan fingerprint density at radius 2 is 2.10 bits per heavy atom. The second-order valence-electron chi connectivity index (χ2n) is 5.56. The lowest BCUT2D eigenvalue weighted by Crippen LogP contribution is -2.23. The third-order valence-electron chi connectivity index (χ3n) is 4.05. The zero-order valence-corrected chi connectivity index (χ0v) is 12.3. The van der Waals surface area contributed by atoms with Crippen LogP contribution in [0.2, 0.25) is 0 Å². The van der Waals surface area contributed by atoms with Crippen molar-refractivity contribution in [3.63, 3.8) is 0 Å². The fourth-order valence-electron chi connectivity index (χ4n) is 2.87. The Balaban J connectivity index is 1.81. The zero-order chi connectivity index (χ0) is 14.3. The number of aliphatic hydroxyl groups is 1. The Bertz CT molecular complexity index is 608. The van der Waals surface area contributed by atoms with Crippen molar-refractivity contribution in [1.82, 2.24) is 4.31 Å². The Hall–Kier alpha value is -0.950. The molecule has 5 nitrogen and oxygen atoms in total. The van der Waals surface area contributed by atoms with Crippen molar-refractivity contribution in [3.8, 4) is 0 Å². The van der Waals surface area contributed by atoms with Gasteiger partial charge in [0.25, 0.3) is 0 Å². The summed E-state index contributed by atoms with van der Waals surface area (Å²) in [5.41, 5.74) is 2.80. The summed E-state index contributed by atoms with van der Waals surface area (Å²) in [6.45, 7) is 1.51. The van der Waals surface area contributed by atoms with Crippen LogP contribution in [0, 0.1) is 0 Å². The summed E-state index contributed by atoms with van der Waals surface area (Å²) < 4.78 is 30.1. The number of hydrogen-bond acceptors (Lipinski definition) is 4. The lowest BCUT2D eigenvalue weighted by atomic mass is 9.98. The van der Waals surface area contributed by atoms with Crippen molar-refractivity contribution in [2.75, 3.05) is 12.9 Å². The van der Waals surface area contributed by atoms with Crippen LogP contribution in [-0.4, -0.2) is 36.8 Å². The Kier molecular flexibility index (Phi) is 3.58. The van der Waals surface area contributed by atoms with Crippen LogP contribution in [0.4, 0.5) is 0 Å². The molecule has 1 fully saturated rings. The maximum atomic E-state index is 11.6. The smallest absolute Gasteiger partial charge is 0.211 e. The molecule has 1 aromatic rings. The van der Waals surface area contributed by atoms with E-state index in [1.54, 1.807) is 0 Å². The van der Waals surface area contributed by atoms with Crippen molar-refractivity contribution in [1.29, 1.82) is 0 Å². The van der Waals surface area contributed by atoms with Crippen LogP contribution in [0.15, 0.2) is 18.2 Å². The molecule has 20 heavy (non-hydrogen) atoms. The molecule has 0 radical (unpaired) electrons. The Morgan fingerprint density at radius 1 is 1.35 bits per heavy atom. The lowest BCUT2D eigenvalue weighted by Gasteiger charge is -2.18. The molecular weight excluding hydrogens is 278 g/mol. The van der Waals surface area contributed by atoms with Gasteiger partial charge in [0.15, 0.2) is 0 Å². The van der Waals surface area contributed by atoms with Gasteiger partial charge in [0.2, 0.25) is 10.0 Å². The number of benzene rings is 1. The minimum atomic E-state index is -3.17. The van der Waals surface area contributed by atoms with Crippen LogP contribution < -0.4 is 0 Å². The Morgan fingerprint density at radius 3 is 2.75 bits per heavy atom. The van der Waals surface area contributed by atoms with E-state index in [4.69, 9.17) is 4.74 Å². The highest BCUT2D eigenvalue weighted by molar-refractivity contribution is 7.88. The van der Waals surface area contributed by atoms with Gasteiger partial charge in [0.05, 0.1) is 12.4 Å². The number of ether oxygens (including phenoxy) is 1. The van der Waals surface area contributed by atoms with Gasteiger partial charge in [-0.3, -0.25) is 0 Å². The number of nitrogens with zero attached hydrogens (tertiary/aromatic N) is 1. The van der Waals surface area contributed by atoms with E-state index in [-0.39, 0.29) is 6.10 Å². The first-order valence-electron chi connectivity index (χ1n) is 6.81. The highest BCUT2D eigenvalue weighted by Crippen LogP contribution is 2.31. The normalized spacial score (nSPS) is 24.8. The molecule has 2 unspecified atom stereocenters. The monoisotopic (exact) mass is 297 g/mol.